The molecule has 1 aromatic carbocycles. The maximum Gasteiger partial charge on any atom is 0.151 e. The van der Waals surface area contributed by atoms with Gasteiger partial charge in [-0.1, -0.05) is 23.9 Å². The second kappa shape index (κ2) is 9.34. The summed E-state index contributed by atoms with van der Waals surface area (Å²) in [5, 5.41) is 3.47. The third kappa shape index (κ3) is 5.40. The summed E-state index contributed by atoms with van der Waals surface area (Å²) in [5.41, 5.74) is 1.11. The van der Waals surface area contributed by atoms with E-state index < -0.39 is 0 Å². The van der Waals surface area contributed by atoms with Crippen molar-refractivity contribution >= 4 is 33.3 Å². The number of para-hydroxylation sites is 1. The van der Waals surface area contributed by atoms with Crippen molar-refractivity contribution in [1.29, 1.82) is 0 Å². The SMILES string of the molecule is CCOCCCCNCCSc1nc2ccccc2s1. The lowest BCUT2D eigenvalue weighted by Gasteiger charge is -2.03. The number of thioether (sulfide) groups is 1. The fourth-order valence-corrected chi connectivity index (χ4v) is 3.88. The minimum absolute atomic E-state index is 0.826. The molecule has 2 rings (SSSR count). The van der Waals surface area contributed by atoms with Gasteiger partial charge < -0.3 is 10.1 Å². The monoisotopic (exact) mass is 310 g/mol. The molecule has 0 radical (unpaired) electrons. The quantitative estimate of drug-likeness (QED) is 0.535. The van der Waals surface area contributed by atoms with Crippen molar-refractivity contribution in [2.75, 3.05) is 32.1 Å². The number of hydrogen-bond acceptors (Lipinski definition) is 5. The van der Waals surface area contributed by atoms with E-state index in [1.807, 2.05) is 24.8 Å². The number of fused-ring (bicyclic) bond motifs is 1. The van der Waals surface area contributed by atoms with E-state index in [4.69, 9.17) is 4.74 Å². The molecule has 0 unspecified atom stereocenters. The van der Waals surface area contributed by atoms with E-state index in [2.05, 4.69) is 28.5 Å². The molecule has 1 heterocycles. The highest BCUT2D eigenvalue weighted by molar-refractivity contribution is 8.01. The van der Waals surface area contributed by atoms with E-state index in [9.17, 15) is 0 Å². The van der Waals surface area contributed by atoms with E-state index in [0.29, 0.717) is 0 Å². The van der Waals surface area contributed by atoms with Crippen LogP contribution in [0.5, 0.6) is 0 Å². The van der Waals surface area contributed by atoms with Gasteiger partial charge in [-0.3, -0.25) is 0 Å². The summed E-state index contributed by atoms with van der Waals surface area (Å²) in [5.74, 6) is 1.07. The molecule has 0 aliphatic carbocycles. The molecule has 0 bridgehead atoms. The van der Waals surface area contributed by atoms with Crippen molar-refractivity contribution in [3.8, 4) is 0 Å². The average molecular weight is 310 g/mol. The Bertz CT molecular complexity index is 468. The Morgan fingerprint density at radius 3 is 3.00 bits per heavy atom. The second-order valence-electron chi connectivity index (χ2n) is 4.45. The van der Waals surface area contributed by atoms with Gasteiger partial charge in [-0.2, -0.15) is 0 Å². The molecule has 5 heteroatoms. The summed E-state index contributed by atoms with van der Waals surface area (Å²) in [7, 11) is 0. The Hall–Kier alpha value is -0.620. The van der Waals surface area contributed by atoms with E-state index in [1.54, 1.807) is 11.3 Å². The number of aromatic nitrogens is 1. The number of benzene rings is 1. The minimum atomic E-state index is 0.826. The Morgan fingerprint density at radius 1 is 1.25 bits per heavy atom. The van der Waals surface area contributed by atoms with Crippen LogP contribution in [0.1, 0.15) is 19.8 Å². The van der Waals surface area contributed by atoms with Crippen LogP contribution in [0.4, 0.5) is 0 Å². The summed E-state index contributed by atoms with van der Waals surface area (Å²) in [6.07, 6.45) is 2.33. The lowest BCUT2D eigenvalue weighted by atomic mass is 10.3. The van der Waals surface area contributed by atoms with Gasteiger partial charge in [0.2, 0.25) is 0 Å². The van der Waals surface area contributed by atoms with Gasteiger partial charge >= 0.3 is 0 Å². The number of thiazole rings is 1. The molecule has 0 aliphatic heterocycles. The first kappa shape index (κ1) is 15.8. The number of unbranched alkanes of at least 4 members (excludes halogenated alkanes) is 1. The summed E-state index contributed by atoms with van der Waals surface area (Å²) in [4.78, 5) is 4.62. The maximum absolute atomic E-state index is 5.31. The molecule has 0 spiro atoms. The summed E-state index contributed by atoms with van der Waals surface area (Å²) < 4.78 is 7.76. The van der Waals surface area contributed by atoms with Crippen molar-refractivity contribution < 1.29 is 4.74 Å². The standard InChI is InChI=1S/C15H22N2OS2/c1-2-18-11-6-5-9-16-10-12-19-15-17-13-7-3-4-8-14(13)20-15/h3-4,7-8,16H,2,5-6,9-12H2,1H3. The predicted molar refractivity (Wildman–Crippen MR) is 88.9 cm³/mol. The Kier molecular flexibility index (Phi) is 7.36. The first-order valence-corrected chi connectivity index (χ1v) is 8.97. The highest BCUT2D eigenvalue weighted by Gasteiger charge is 2.02. The summed E-state index contributed by atoms with van der Waals surface area (Å²) in [6.45, 7) is 5.87. The van der Waals surface area contributed by atoms with Crippen LogP contribution in [0.25, 0.3) is 10.2 Å². The maximum atomic E-state index is 5.31. The van der Waals surface area contributed by atoms with Crippen LogP contribution in [0, 0.1) is 0 Å². The lowest BCUT2D eigenvalue weighted by molar-refractivity contribution is 0.143. The van der Waals surface area contributed by atoms with Crippen LogP contribution in [0.3, 0.4) is 0 Å². The Balaban J connectivity index is 1.55. The predicted octanol–water partition coefficient (Wildman–Crippen LogP) is 3.79. The summed E-state index contributed by atoms with van der Waals surface area (Å²) >= 11 is 3.62. The zero-order valence-electron chi connectivity index (χ0n) is 11.9. The molecule has 0 amide bonds. The van der Waals surface area contributed by atoms with Gasteiger partial charge in [0.15, 0.2) is 4.34 Å². The molecular weight excluding hydrogens is 288 g/mol. The number of nitrogens with one attached hydrogen (secondary N) is 1. The molecule has 3 nitrogen and oxygen atoms in total. The number of hydrogen-bond donors (Lipinski definition) is 1. The van der Waals surface area contributed by atoms with E-state index in [-0.39, 0.29) is 0 Å². The molecule has 0 aliphatic rings. The molecular formula is C15H22N2OS2. The topological polar surface area (TPSA) is 34.1 Å². The Morgan fingerprint density at radius 2 is 2.15 bits per heavy atom. The van der Waals surface area contributed by atoms with Crippen LogP contribution >= 0.6 is 23.1 Å². The fourth-order valence-electron chi connectivity index (χ4n) is 1.85. The molecule has 20 heavy (non-hydrogen) atoms. The molecule has 0 saturated carbocycles. The van der Waals surface area contributed by atoms with Gasteiger partial charge in [0.25, 0.3) is 0 Å². The zero-order valence-corrected chi connectivity index (χ0v) is 13.6. The van der Waals surface area contributed by atoms with Crippen LogP contribution in [0.15, 0.2) is 28.6 Å². The number of rotatable bonds is 10. The fraction of sp³-hybridized carbons (Fsp3) is 0.533. The van der Waals surface area contributed by atoms with Gasteiger partial charge in [-0.05, 0) is 38.4 Å². The van der Waals surface area contributed by atoms with Crippen molar-refractivity contribution in [3.05, 3.63) is 24.3 Å². The number of ether oxygens (including phenoxy) is 1. The van der Waals surface area contributed by atoms with Crippen LogP contribution in [0.2, 0.25) is 0 Å². The molecule has 2 aromatic rings. The second-order valence-corrected chi connectivity index (χ2v) is 6.82. The minimum Gasteiger partial charge on any atom is -0.382 e. The zero-order chi connectivity index (χ0) is 14.0. The third-order valence-electron chi connectivity index (χ3n) is 2.87. The van der Waals surface area contributed by atoms with Gasteiger partial charge in [0, 0.05) is 25.5 Å². The van der Waals surface area contributed by atoms with Crippen molar-refractivity contribution in [2.24, 2.45) is 0 Å². The first-order chi connectivity index (χ1) is 9.90. The molecule has 110 valence electrons. The van der Waals surface area contributed by atoms with Crippen molar-refractivity contribution in [3.63, 3.8) is 0 Å². The third-order valence-corrected chi connectivity index (χ3v) is 5.06. The van der Waals surface area contributed by atoms with Gasteiger partial charge in [0.1, 0.15) is 0 Å². The average Bonchev–Trinajstić information content (AvgIpc) is 2.88. The molecule has 0 fully saturated rings. The van der Waals surface area contributed by atoms with Gasteiger partial charge in [-0.25, -0.2) is 4.98 Å². The van der Waals surface area contributed by atoms with E-state index in [1.165, 1.54) is 15.5 Å². The van der Waals surface area contributed by atoms with Gasteiger partial charge in [0.05, 0.1) is 10.2 Å². The normalized spacial score (nSPS) is 11.2. The number of nitrogens with zero attached hydrogens (tertiary/aromatic N) is 1. The molecule has 0 saturated heterocycles. The van der Waals surface area contributed by atoms with Crippen LogP contribution in [-0.4, -0.2) is 37.0 Å². The molecule has 0 atom stereocenters. The summed E-state index contributed by atoms with van der Waals surface area (Å²) in [6, 6.07) is 8.32. The smallest absolute Gasteiger partial charge is 0.151 e. The van der Waals surface area contributed by atoms with Crippen molar-refractivity contribution in [2.45, 2.75) is 24.1 Å². The van der Waals surface area contributed by atoms with Gasteiger partial charge in [-0.15, -0.1) is 11.3 Å². The van der Waals surface area contributed by atoms with E-state index >= 15 is 0 Å². The van der Waals surface area contributed by atoms with Crippen LogP contribution in [-0.2, 0) is 4.74 Å². The highest BCUT2D eigenvalue weighted by atomic mass is 32.2. The lowest BCUT2D eigenvalue weighted by Crippen LogP contribution is -2.18. The van der Waals surface area contributed by atoms with Crippen molar-refractivity contribution in [1.82, 2.24) is 10.3 Å². The van der Waals surface area contributed by atoms with E-state index in [0.717, 1.165) is 44.0 Å². The highest BCUT2D eigenvalue weighted by Crippen LogP contribution is 2.28. The molecule has 1 N–H and O–H groups in total. The van der Waals surface area contributed by atoms with Crippen LogP contribution < -0.4 is 5.32 Å². The Labute approximate surface area is 129 Å². The molecule has 1 aromatic heterocycles. The largest absolute Gasteiger partial charge is 0.382 e. The first-order valence-electron chi connectivity index (χ1n) is 7.17.